The van der Waals surface area contributed by atoms with Crippen LogP contribution in [0.2, 0.25) is 0 Å². The number of hydrazone groups is 1. The Hall–Kier alpha value is -3.17. The minimum atomic E-state index is -0.244. The molecule has 1 fully saturated rings. The second kappa shape index (κ2) is 9.10. The molecule has 0 aliphatic carbocycles. The first-order valence-electron chi connectivity index (χ1n) is 9.92. The van der Waals surface area contributed by atoms with Gasteiger partial charge in [0, 0.05) is 24.6 Å². The second-order valence-electron chi connectivity index (χ2n) is 7.50. The van der Waals surface area contributed by atoms with Crippen LogP contribution in [0.1, 0.15) is 28.3 Å². The van der Waals surface area contributed by atoms with Crippen molar-refractivity contribution in [3.63, 3.8) is 0 Å². The summed E-state index contributed by atoms with van der Waals surface area (Å²) in [5.74, 6) is 0.652. The number of carbonyl (C=O) groups excluding carboxylic acids is 1. The molecule has 4 rings (SSSR count). The molecule has 0 radical (unpaired) electrons. The lowest BCUT2D eigenvalue weighted by Crippen LogP contribution is -2.46. The number of ether oxygens (including phenoxy) is 1. The molecule has 30 heavy (non-hydrogen) atoms. The molecule has 2 aliphatic heterocycles. The maximum absolute atomic E-state index is 13.1. The van der Waals surface area contributed by atoms with Crippen molar-refractivity contribution in [2.75, 3.05) is 26.2 Å². The Morgan fingerprint density at radius 3 is 2.70 bits per heavy atom. The summed E-state index contributed by atoms with van der Waals surface area (Å²) < 4.78 is 18.9. The first-order valence-corrected chi connectivity index (χ1v) is 9.92. The summed E-state index contributed by atoms with van der Waals surface area (Å²) in [6.07, 6.45) is 2.49. The fraction of sp³-hybridized carbons (Fsp3) is 0.333. The summed E-state index contributed by atoms with van der Waals surface area (Å²) in [6, 6.07) is 13.4. The molecule has 9 heteroatoms. The number of nitrogens with two attached hydrogens (primary N) is 1. The van der Waals surface area contributed by atoms with Crippen molar-refractivity contribution >= 4 is 12.2 Å². The number of rotatable bonds is 7. The van der Waals surface area contributed by atoms with Crippen LogP contribution in [0, 0.1) is 5.82 Å². The van der Waals surface area contributed by atoms with Gasteiger partial charge in [-0.1, -0.05) is 12.1 Å². The molecule has 2 aromatic rings. The van der Waals surface area contributed by atoms with Crippen LogP contribution >= 0.6 is 0 Å². The Bertz CT molecular complexity index is 889. The van der Waals surface area contributed by atoms with Crippen molar-refractivity contribution in [3.05, 3.63) is 65.5 Å². The minimum Gasteiger partial charge on any atom is -0.492 e. The molecule has 1 saturated heterocycles. The van der Waals surface area contributed by atoms with Crippen LogP contribution < -0.4 is 21.5 Å². The number of carbonyl (C=O) groups is 1. The number of halogens is 1. The molecule has 4 N–H and O–H groups in total. The SMILES string of the molecule is N[C@H](COc1ccc(C(=O)N2CC[C@H](c3ccc(F)cc3)C2)cc1)CN1C=NNN1. The lowest BCUT2D eigenvalue weighted by Gasteiger charge is -2.19. The van der Waals surface area contributed by atoms with E-state index in [4.69, 9.17) is 10.5 Å². The van der Waals surface area contributed by atoms with Gasteiger partial charge < -0.3 is 15.4 Å². The van der Waals surface area contributed by atoms with Crippen molar-refractivity contribution in [1.82, 2.24) is 21.0 Å². The van der Waals surface area contributed by atoms with Crippen LogP contribution in [0.5, 0.6) is 5.75 Å². The van der Waals surface area contributed by atoms with Crippen LogP contribution in [0.3, 0.4) is 0 Å². The quantitative estimate of drug-likeness (QED) is 0.637. The highest BCUT2D eigenvalue weighted by Crippen LogP contribution is 2.28. The molecule has 2 aliphatic rings. The molecule has 2 heterocycles. The van der Waals surface area contributed by atoms with Gasteiger partial charge in [0.25, 0.3) is 5.91 Å². The van der Waals surface area contributed by atoms with Crippen LogP contribution in [0.25, 0.3) is 0 Å². The third kappa shape index (κ3) is 4.87. The Morgan fingerprint density at radius 1 is 1.23 bits per heavy atom. The lowest BCUT2D eigenvalue weighted by molar-refractivity contribution is 0.0790. The predicted octanol–water partition coefficient (Wildman–Crippen LogP) is 1.43. The predicted molar refractivity (Wildman–Crippen MR) is 111 cm³/mol. The Balaban J connectivity index is 1.27. The fourth-order valence-electron chi connectivity index (χ4n) is 3.65. The number of nitrogens with one attached hydrogen (secondary N) is 2. The number of hydrogen-bond donors (Lipinski definition) is 3. The smallest absolute Gasteiger partial charge is 0.253 e. The van der Waals surface area contributed by atoms with Crippen molar-refractivity contribution in [3.8, 4) is 5.75 Å². The topological polar surface area (TPSA) is 95.2 Å². The fourth-order valence-corrected chi connectivity index (χ4v) is 3.65. The average molecular weight is 412 g/mol. The molecule has 2 atom stereocenters. The lowest BCUT2D eigenvalue weighted by atomic mass is 9.99. The molecule has 8 nitrogen and oxygen atoms in total. The minimum absolute atomic E-state index is 0.00485. The highest BCUT2D eigenvalue weighted by Gasteiger charge is 2.28. The molecule has 2 aromatic carbocycles. The van der Waals surface area contributed by atoms with Crippen molar-refractivity contribution in [2.24, 2.45) is 10.8 Å². The molecule has 158 valence electrons. The van der Waals surface area contributed by atoms with Crippen LogP contribution in [0.4, 0.5) is 4.39 Å². The number of hydrazine groups is 2. The normalized spacial score (nSPS) is 19.1. The van der Waals surface area contributed by atoms with Gasteiger partial charge in [0.05, 0.1) is 12.6 Å². The van der Waals surface area contributed by atoms with E-state index >= 15 is 0 Å². The summed E-state index contributed by atoms with van der Waals surface area (Å²) in [6.45, 7) is 2.21. The van der Waals surface area contributed by atoms with E-state index < -0.39 is 0 Å². The van der Waals surface area contributed by atoms with E-state index in [1.807, 2.05) is 4.90 Å². The van der Waals surface area contributed by atoms with Gasteiger partial charge >= 0.3 is 0 Å². The molecule has 0 aromatic heterocycles. The maximum atomic E-state index is 13.1. The third-order valence-corrected chi connectivity index (χ3v) is 5.27. The Kier molecular flexibility index (Phi) is 6.10. The standard InChI is InChI=1S/C21H25FN6O2/c22-18-5-1-15(2-6-18)17-9-10-27(11-17)21(29)16-3-7-20(8-4-16)30-13-19(23)12-28-14-24-25-26-28/h1-8,14,17,19,25-26H,9-13,23H2/t17-,19-/m0/s1. The van der Waals surface area contributed by atoms with E-state index in [-0.39, 0.29) is 23.7 Å². The van der Waals surface area contributed by atoms with E-state index in [0.717, 1.165) is 12.0 Å². The average Bonchev–Trinajstić information content (AvgIpc) is 3.45. The van der Waals surface area contributed by atoms with E-state index in [0.29, 0.717) is 37.6 Å². The first kappa shape index (κ1) is 20.1. The summed E-state index contributed by atoms with van der Waals surface area (Å²) >= 11 is 0. The first-order chi connectivity index (χ1) is 14.6. The summed E-state index contributed by atoms with van der Waals surface area (Å²) in [4.78, 5) is 14.7. The van der Waals surface area contributed by atoms with E-state index in [9.17, 15) is 9.18 Å². The number of amides is 1. The highest BCUT2D eigenvalue weighted by molar-refractivity contribution is 5.94. The van der Waals surface area contributed by atoms with Gasteiger partial charge in [-0.15, -0.1) is 5.53 Å². The van der Waals surface area contributed by atoms with Gasteiger partial charge in [-0.25, -0.2) is 9.93 Å². The van der Waals surface area contributed by atoms with E-state index in [2.05, 4.69) is 16.2 Å². The number of likely N-dealkylation sites (tertiary alicyclic amines) is 1. The molecule has 0 saturated carbocycles. The van der Waals surface area contributed by atoms with Crippen LogP contribution in [0.15, 0.2) is 53.6 Å². The molecule has 0 bridgehead atoms. The zero-order valence-electron chi connectivity index (χ0n) is 16.5. The zero-order chi connectivity index (χ0) is 20.9. The maximum Gasteiger partial charge on any atom is 0.253 e. The summed E-state index contributed by atoms with van der Waals surface area (Å²) in [7, 11) is 0. The van der Waals surface area contributed by atoms with Crippen molar-refractivity contribution in [1.29, 1.82) is 0 Å². The molecular formula is C21H25FN6O2. The van der Waals surface area contributed by atoms with Gasteiger partial charge in [0.1, 0.15) is 24.5 Å². The van der Waals surface area contributed by atoms with Crippen LogP contribution in [-0.4, -0.2) is 54.4 Å². The van der Waals surface area contributed by atoms with Crippen LogP contribution in [-0.2, 0) is 0 Å². The third-order valence-electron chi connectivity index (χ3n) is 5.27. The van der Waals surface area contributed by atoms with E-state index in [1.54, 1.807) is 47.7 Å². The zero-order valence-corrected chi connectivity index (χ0v) is 16.5. The highest BCUT2D eigenvalue weighted by atomic mass is 19.1. The molecular weight excluding hydrogens is 387 g/mol. The Labute approximate surface area is 174 Å². The number of benzene rings is 2. The van der Waals surface area contributed by atoms with E-state index in [1.165, 1.54) is 12.1 Å². The van der Waals surface area contributed by atoms with Gasteiger partial charge in [-0.05, 0) is 48.4 Å². The van der Waals surface area contributed by atoms with Gasteiger partial charge in [0.15, 0.2) is 0 Å². The summed E-state index contributed by atoms with van der Waals surface area (Å²) in [5, 5.41) is 5.54. The molecule has 0 spiro atoms. The summed E-state index contributed by atoms with van der Waals surface area (Å²) in [5.41, 5.74) is 13.2. The second-order valence-corrected chi connectivity index (χ2v) is 7.50. The monoisotopic (exact) mass is 412 g/mol. The largest absolute Gasteiger partial charge is 0.492 e. The Morgan fingerprint density at radius 2 is 2.00 bits per heavy atom. The number of hydrogen-bond acceptors (Lipinski definition) is 7. The van der Waals surface area contributed by atoms with Gasteiger partial charge in [-0.3, -0.25) is 9.80 Å². The molecule has 0 unspecified atom stereocenters. The van der Waals surface area contributed by atoms with Crippen molar-refractivity contribution < 1.29 is 13.9 Å². The van der Waals surface area contributed by atoms with Gasteiger partial charge in [0.2, 0.25) is 0 Å². The number of nitrogens with zero attached hydrogens (tertiary/aromatic N) is 3. The van der Waals surface area contributed by atoms with Crippen molar-refractivity contribution in [2.45, 2.75) is 18.4 Å². The van der Waals surface area contributed by atoms with Gasteiger partial charge in [-0.2, -0.15) is 5.10 Å². The molecule has 1 amide bonds.